The summed E-state index contributed by atoms with van der Waals surface area (Å²) in [5.41, 5.74) is 11.3. The number of rotatable bonds is 8. The van der Waals surface area contributed by atoms with Gasteiger partial charge in [0.2, 0.25) is 0 Å². The van der Waals surface area contributed by atoms with Crippen molar-refractivity contribution in [2.45, 2.75) is 0 Å². The molecule has 2 nitrogen and oxygen atoms in total. The number of thiophene rings is 2. The number of benzene rings is 10. The topological polar surface area (TPSA) is 6.48 Å². The first-order valence-corrected chi connectivity index (χ1v) is 22.6. The number of hydrogen-bond acceptors (Lipinski definition) is 4. The van der Waals surface area contributed by atoms with Gasteiger partial charge in [-0.3, -0.25) is 0 Å². The van der Waals surface area contributed by atoms with Crippen molar-refractivity contribution >= 4 is 108 Å². The van der Waals surface area contributed by atoms with Crippen LogP contribution in [0.5, 0.6) is 0 Å². The Bertz CT molecular complexity index is 3580. The van der Waals surface area contributed by atoms with E-state index >= 15 is 0 Å². The molecule has 4 heteroatoms. The van der Waals surface area contributed by atoms with Crippen LogP contribution < -0.4 is 9.80 Å². The van der Waals surface area contributed by atoms with Crippen molar-refractivity contribution in [3.05, 3.63) is 231 Å². The molecule has 0 aliphatic carbocycles. The Hall–Kier alpha value is -7.50. The lowest BCUT2D eigenvalue weighted by Crippen LogP contribution is -2.13. The van der Waals surface area contributed by atoms with E-state index in [9.17, 15) is 0 Å². The first-order chi connectivity index (χ1) is 30.7. The van der Waals surface area contributed by atoms with Gasteiger partial charge in [0, 0.05) is 74.0 Å². The van der Waals surface area contributed by atoms with Crippen molar-refractivity contribution in [2.75, 3.05) is 9.80 Å². The Morgan fingerprint density at radius 3 is 1.26 bits per heavy atom. The number of para-hydroxylation sites is 2. The Morgan fingerprint density at radius 1 is 0.258 bits per heavy atom. The van der Waals surface area contributed by atoms with E-state index in [1.54, 1.807) is 0 Å². The molecule has 2 aromatic heterocycles. The van der Waals surface area contributed by atoms with Gasteiger partial charge in [0.15, 0.2) is 0 Å². The van der Waals surface area contributed by atoms with Crippen LogP contribution in [-0.2, 0) is 0 Å². The zero-order chi connectivity index (χ0) is 41.0. The van der Waals surface area contributed by atoms with Crippen molar-refractivity contribution in [1.29, 1.82) is 0 Å². The van der Waals surface area contributed by atoms with Crippen LogP contribution in [0.15, 0.2) is 231 Å². The van der Waals surface area contributed by atoms with Crippen LogP contribution >= 0.6 is 22.7 Å². The Morgan fingerprint density at radius 2 is 0.710 bits per heavy atom. The zero-order valence-corrected chi connectivity index (χ0v) is 35.3. The summed E-state index contributed by atoms with van der Waals surface area (Å²) < 4.78 is 5.14. The number of anilines is 6. The highest BCUT2D eigenvalue weighted by molar-refractivity contribution is 7.26. The quantitative estimate of drug-likeness (QED) is 0.151. The van der Waals surface area contributed by atoms with E-state index in [-0.39, 0.29) is 0 Å². The van der Waals surface area contributed by atoms with Crippen LogP contribution in [0.1, 0.15) is 0 Å². The van der Waals surface area contributed by atoms with Crippen molar-refractivity contribution < 1.29 is 0 Å². The number of fused-ring (bicyclic) bond motifs is 7. The van der Waals surface area contributed by atoms with Crippen LogP contribution in [0.2, 0.25) is 0 Å². The third-order valence-electron chi connectivity index (χ3n) is 12.0. The first kappa shape index (κ1) is 36.4. The highest BCUT2D eigenvalue weighted by Gasteiger charge is 2.24. The molecule has 62 heavy (non-hydrogen) atoms. The smallest absolute Gasteiger partial charge is 0.0547 e. The normalized spacial score (nSPS) is 11.5. The van der Waals surface area contributed by atoms with Gasteiger partial charge >= 0.3 is 0 Å². The van der Waals surface area contributed by atoms with Gasteiger partial charge in [-0.15, -0.1) is 22.7 Å². The SMILES string of the molecule is c1ccc(-c2cc(N(c3ccccc3)c3ccc4c(c3)sc3ccccc34)c3cc(N(c4ccccc4)c4ccc5c(c4)sc4ccccc45)c(-c4ccccc4)cc3c2)cc1. The molecule has 0 radical (unpaired) electrons. The molecule has 0 saturated carbocycles. The summed E-state index contributed by atoms with van der Waals surface area (Å²) in [6, 6.07) is 84.4. The third-order valence-corrected chi connectivity index (χ3v) is 14.3. The molecule has 0 N–H and O–H groups in total. The van der Waals surface area contributed by atoms with Gasteiger partial charge in [-0.05, 0) is 107 Å². The fraction of sp³-hybridized carbons (Fsp3) is 0. The summed E-state index contributed by atoms with van der Waals surface area (Å²) in [7, 11) is 0. The summed E-state index contributed by atoms with van der Waals surface area (Å²) in [6.07, 6.45) is 0. The fourth-order valence-corrected chi connectivity index (χ4v) is 11.4. The first-order valence-electron chi connectivity index (χ1n) is 21.0. The molecule has 0 atom stereocenters. The molecule has 292 valence electrons. The predicted molar refractivity (Wildman–Crippen MR) is 270 cm³/mol. The molecular weight excluding hydrogens is 789 g/mol. The highest BCUT2D eigenvalue weighted by Crippen LogP contribution is 2.49. The molecule has 0 amide bonds. The number of nitrogens with zero attached hydrogens (tertiary/aromatic N) is 2. The largest absolute Gasteiger partial charge is 0.310 e. The maximum atomic E-state index is 2.46. The summed E-state index contributed by atoms with van der Waals surface area (Å²) >= 11 is 3.72. The van der Waals surface area contributed by atoms with Gasteiger partial charge in [0.25, 0.3) is 0 Å². The van der Waals surface area contributed by atoms with Crippen molar-refractivity contribution in [3.63, 3.8) is 0 Å². The molecule has 0 spiro atoms. The van der Waals surface area contributed by atoms with Crippen molar-refractivity contribution in [3.8, 4) is 22.3 Å². The minimum absolute atomic E-state index is 1.10. The molecule has 0 bridgehead atoms. The Balaban J connectivity index is 1.17. The Labute approximate surface area is 368 Å². The molecule has 10 aromatic carbocycles. The molecule has 2 heterocycles. The Kier molecular flexibility index (Phi) is 8.91. The van der Waals surface area contributed by atoms with Crippen molar-refractivity contribution in [2.24, 2.45) is 0 Å². The van der Waals surface area contributed by atoms with Gasteiger partial charge in [-0.1, -0.05) is 146 Å². The van der Waals surface area contributed by atoms with E-state index in [1.165, 1.54) is 56.9 Å². The monoisotopic (exact) mass is 826 g/mol. The van der Waals surface area contributed by atoms with E-state index < -0.39 is 0 Å². The maximum absolute atomic E-state index is 2.46. The fourth-order valence-electron chi connectivity index (χ4n) is 9.11. The highest BCUT2D eigenvalue weighted by atomic mass is 32.1. The van der Waals surface area contributed by atoms with Crippen LogP contribution in [0.3, 0.4) is 0 Å². The molecular formula is C58H38N2S2. The van der Waals surface area contributed by atoms with Gasteiger partial charge in [0.1, 0.15) is 0 Å². The standard InChI is InChI=1S/C58H38N2S2/c1-5-17-39(18-6-1)41-33-42-34-51(40-19-7-2-8-20-40)54(60(44-23-11-4-12-24-44)46-30-32-50-48-26-14-16-28-56(48)62-58(50)37-46)38-52(42)53(35-41)59(43-21-9-3-10-22-43)45-29-31-49-47-25-13-15-27-55(47)61-57(49)36-45/h1-38H. The predicted octanol–water partition coefficient (Wildman–Crippen LogP) is 17.8. The lowest BCUT2D eigenvalue weighted by atomic mass is 9.93. The summed E-state index contributed by atoms with van der Waals surface area (Å²) in [5.74, 6) is 0. The lowest BCUT2D eigenvalue weighted by Gasteiger charge is -2.31. The molecule has 12 rings (SSSR count). The molecule has 12 aromatic rings. The summed E-state index contributed by atoms with van der Waals surface area (Å²) in [5, 5.41) is 7.50. The summed E-state index contributed by atoms with van der Waals surface area (Å²) in [6.45, 7) is 0. The van der Waals surface area contributed by atoms with Crippen LogP contribution in [0, 0.1) is 0 Å². The van der Waals surface area contributed by atoms with Crippen LogP contribution in [-0.4, -0.2) is 0 Å². The summed E-state index contributed by atoms with van der Waals surface area (Å²) in [4.78, 5) is 4.91. The molecule has 0 fully saturated rings. The van der Waals surface area contributed by atoms with E-state index in [2.05, 4.69) is 240 Å². The second kappa shape index (κ2) is 15.2. The molecule has 0 saturated heterocycles. The van der Waals surface area contributed by atoms with E-state index in [4.69, 9.17) is 0 Å². The zero-order valence-electron chi connectivity index (χ0n) is 33.7. The minimum atomic E-state index is 1.10. The van der Waals surface area contributed by atoms with Gasteiger partial charge in [-0.25, -0.2) is 0 Å². The molecule has 0 aliphatic heterocycles. The molecule has 0 unspecified atom stereocenters. The van der Waals surface area contributed by atoms with Crippen molar-refractivity contribution in [1.82, 2.24) is 0 Å². The van der Waals surface area contributed by atoms with E-state index in [1.807, 2.05) is 22.7 Å². The average Bonchev–Trinajstić information content (AvgIpc) is 3.90. The van der Waals surface area contributed by atoms with Gasteiger partial charge < -0.3 is 9.80 Å². The van der Waals surface area contributed by atoms with Gasteiger partial charge in [-0.2, -0.15) is 0 Å². The second-order valence-electron chi connectivity index (χ2n) is 15.7. The lowest BCUT2D eigenvalue weighted by molar-refractivity contribution is 1.29. The minimum Gasteiger partial charge on any atom is -0.310 e. The number of hydrogen-bond donors (Lipinski definition) is 0. The van der Waals surface area contributed by atoms with Crippen LogP contribution in [0.25, 0.3) is 73.4 Å². The van der Waals surface area contributed by atoms with E-state index in [0.717, 1.165) is 50.6 Å². The van der Waals surface area contributed by atoms with Gasteiger partial charge in [0.05, 0.1) is 11.4 Å². The maximum Gasteiger partial charge on any atom is 0.0547 e. The second-order valence-corrected chi connectivity index (χ2v) is 17.9. The van der Waals surface area contributed by atoms with E-state index in [0.29, 0.717) is 0 Å². The van der Waals surface area contributed by atoms with Crippen LogP contribution in [0.4, 0.5) is 34.1 Å². The average molecular weight is 827 g/mol. The third kappa shape index (κ3) is 6.31. The molecule has 0 aliphatic rings.